The third kappa shape index (κ3) is 2.02. The average molecular weight is 215 g/mol. The molecule has 0 aliphatic rings. The number of hydrogen-bond donors (Lipinski definition) is 1. The molecule has 7 heteroatoms. The van der Waals surface area contributed by atoms with Gasteiger partial charge in [0.25, 0.3) is 11.8 Å². The molecular weight excluding hydrogens is 206 g/mol. The van der Waals surface area contributed by atoms with Crippen LogP contribution in [0.15, 0.2) is 18.7 Å². The molecule has 0 amide bonds. The van der Waals surface area contributed by atoms with Gasteiger partial charge in [-0.1, -0.05) is 0 Å². The van der Waals surface area contributed by atoms with E-state index in [9.17, 15) is 0 Å². The lowest BCUT2D eigenvalue weighted by molar-refractivity contribution is 0.773. The van der Waals surface area contributed by atoms with Gasteiger partial charge in [0.15, 0.2) is 0 Å². The van der Waals surface area contributed by atoms with Crippen LogP contribution >= 0.6 is 0 Å². The van der Waals surface area contributed by atoms with Crippen LogP contribution < -0.4 is 5.32 Å². The molecule has 0 spiro atoms. The van der Waals surface area contributed by atoms with Crippen LogP contribution in [0.1, 0.15) is 11.4 Å². The van der Waals surface area contributed by atoms with Gasteiger partial charge in [-0.3, -0.25) is 0 Å². The fourth-order valence-corrected chi connectivity index (χ4v) is 1.17. The van der Waals surface area contributed by atoms with Crippen LogP contribution in [0.5, 0.6) is 0 Å². The summed E-state index contributed by atoms with van der Waals surface area (Å²) in [5.41, 5.74) is 0.979. The molecule has 2 aromatic rings. The molecule has 16 heavy (non-hydrogen) atoms. The quantitative estimate of drug-likeness (QED) is 0.752. The minimum absolute atomic E-state index is 0.0999. The molecule has 2 rings (SSSR count). The highest BCUT2D eigenvalue weighted by Crippen LogP contribution is 2.00. The Labute approximate surface area is 91.8 Å². The van der Waals surface area contributed by atoms with Crippen molar-refractivity contribution < 1.29 is 0 Å². The monoisotopic (exact) mass is 215 g/mol. The first-order valence-electron chi connectivity index (χ1n) is 4.61. The van der Waals surface area contributed by atoms with E-state index in [0.717, 1.165) is 5.56 Å². The molecule has 0 aliphatic carbocycles. The molecule has 0 saturated carbocycles. The molecule has 1 N–H and O–H groups in total. The summed E-state index contributed by atoms with van der Waals surface area (Å²) in [5.74, 6) is 0.497. The van der Waals surface area contributed by atoms with Gasteiger partial charge in [0.1, 0.15) is 12.4 Å². The standard InChI is InChI=1S/C9H9N7/c1-11-3-7-4-12-9(13-5-7)16-6-14-8(2-10)15-16/h4-6,11H,3H2,1H3. The van der Waals surface area contributed by atoms with Crippen molar-refractivity contribution in [2.75, 3.05) is 7.05 Å². The molecule has 80 valence electrons. The minimum atomic E-state index is 0.0999. The second-order valence-electron chi connectivity index (χ2n) is 3.05. The molecule has 0 unspecified atom stereocenters. The first kappa shape index (κ1) is 10.2. The van der Waals surface area contributed by atoms with Gasteiger partial charge < -0.3 is 5.32 Å². The summed E-state index contributed by atoms with van der Waals surface area (Å²) in [7, 11) is 1.85. The number of nitriles is 1. The Morgan fingerprint density at radius 2 is 2.12 bits per heavy atom. The van der Waals surface area contributed by atoms with Crippen molar-refractivity contribution in [3.05, 3.63) is 30.1 Å². The second kappa shape index (κ2) is 4.46. The fourth-order valence-electron chi connectivity index (χ4n) is 1.17. The number of nitrogens with one attached hydrogen (secondary N) is 1. The lowest BCUT2D eigenvalue weighted by atomic mass is 10.3. The molecule has 0 saturated heterocycles. The summed E-state index contributed by atoms with van der Waals surface area (Å²) < 4.78 is 1.36. The van der Waals surface area contributed by atoms with Gasteiger partial charge in [-0.2, -0.15) is 9.94 Å². The highest BCUT2D eigenvalue weighted by atomic mass is 15.4. The highest BCUT2D eigenvalue weighted by molar-refractivity contribution is 5.15. The maximum atomic E-state index is 8.57. The van der Waals surface area contributed by atoms with Crippen molar-refractivity contribution in [1.82, 2.24) is 30.0 Å². The number of aromatic nitrogens is 5. The zero-order valence-electron chi connectivity index (χ0n) is 8.62. The number of nitrogens with zero attached hydrogens (tertiary/aromatic N) is 6. The third-order valence-corrected chi connectivity index (χ3v) is 1.87. The SMILES string of the molecule is CNCc1cnc(-n2cnc(C#N)n2)nc1. The van der Waals surface area contributed by atoms with Crippen molar-refractivity contribution in [3.8, 4) is 12.0 Å². The Kier molecular flexibility index (Phi) is 2.84. The van der Waals surface area contributed by atoms with Crippen molar-refractivity contribution in [2.45, 2.75) is 6.54 Å². The van der Waals surface area contributed by atoms with E-state index in [1.54, 1.807) is 12.4 Å². The van der Waals surface area contributed by atoms with E-state index in [-0.39, 0.29) is 5.82 Å². The largest absolute Gasteiger partial charge is 0.316 e. The highest BCUT2D eigenvalue weighted by Gasteiger charge is 2.03. The molecule has 0 radical (unpaired) electrons. The number of hydrogen-bond acceptors (Lipinski definition) is 6. The summed E-state index contributed by atoms with van der Waals surface area (Å²) >= 11 is 0. The van der Waals surface area contributed by atoms with E-state index in [2.05, 4.69) is 25.4 Å². The van der Waals surface area contributed by atoms with Gasteiger partial charge in [0.2, 0.25) is 0 Å². The van der Waals surface area contributed by atoms with Gasteiger partial charge in [-0.25, -0.2) is 15.0 Å². The van der Waals surface area contributed by atoms with Crippen molar-refractivity contribution in [1.29, 1.82) is 5.26 Å². The third-order valence-electron chi connectivity index (χ3n) is 1.87. The van der Waals surface area contributed by atoms with Crippen molar-refractivity contribution in [2.24, 2.45) is 0 Å². The first-order valence-corrected chi connectivity index (χ1v) is 4.61. The second-order valence-corrected chi connectivity index (χ2v) is 3.05. The molecule has 0 bridgehead atoms. The Bertz CT molecular complexity index is 507. The van der Waals surface area contributed by atoms with Gasteiger partial charge in [-0.05, 0) is 7.05 Å². The maximum Gasteiger partial charge on any atom is 0.252 e. The van der Waals surface area contributed by atoms with E-state index < -0.39 is 0 Å². The summed E-state index contributed by atoms with van der Waals surface area (Å²) in [4.78, 5) is 12.0. The maximum absolute atomic E-state index is 8.57. The van der Waals surface area contributed by atoms with Crippen LogP contribution in [0.25, 0.3) is 5.95 Å². The van der Waals surface area contributed by atoms with Crippen molar-refractivity contribution >= 4 is 0 Å². The van der Waals surface area contributed by atoms with Crippen LogP contribution in [0.3, 0.4) is 0 Å². The Balaban J connectivity index is 2.24. The van der Waals surface area contributed by atoms with Gasteiger partial charge in [0.05, 0.1) is 0 Å². The van der Waals surface area contributed by atoms with Crippen LogP contribution in [-0.4, -0.2) is 31.8 Å². The molecule has 7 nitrogen and oxygen atoms in total. The molecule has 2 heterocycles. The Hall–Kier alpha value is -2.33. The van der Waals surface area contributed by atoms with E-state index in [1.807, 2.05) is 13.1 Å². The summed E-state index contributed by atoms with van der Waals surface area (Å²) in [6.07, 6.45) is 4.81. The minimum Gasteiger partial charge on any atom is -0.316 e. The van der Waals surface area contributed by atoms with Crippen LogP contribution in [0.4, 0.5) is 0 Å². The smallest absolute Gasteiger partial charge is 0.252 e. The van der Waals surface area contributed by atoms with Crippen molar-refractivity contribution in [3.63, 3.8) is 0 Å². The summed E-state index contributed by atoms with van der Waals surface area (Å²) in [6, 6.07) is 1.84. The summed E-state index contributed by atoms with van der Waals surface area (Å²) in [5, 5.41) is 15.5. The number of rotatable bonds is 3. The topological polar surface area (TPSA) is 92.3 Å². The van der Waals surface area contributed by atoms with Crippen LogP contribution in [0, 0.1) is 11.3 Å². The lowest BCUT2D eigenvalue weighted by Gasteiger charge is -2.00. The molecular formula is C9H9N7. The first-order chi connectivity index (χ1) is 7.83. The molecule has 0 aliphatic heterocycles. The zero-order chi connectivity index (χ0) is 11.4. The normalized spacial score (nSPS) is 10.0. The Morgan fingerprint density at radius 3 is 2.69 bits per heavy atom. The van der Waals surface area contributed by atoms with Gasteiger partial charge in [-0.15, -0.1) is 5.10 Å². The van der Waals surface area contributed by atoms with E-state index in [0.29, 0.717) is 12.5 Å². The molecule has 0 atom stereocenters. The van der Waals surface area contributed by atoms with Gasteiger partial charge in [0, 0.05) is 24.5 Å². The van der Waals surface area contributed by atoms with Crippen LogP contribution in [-0.2, 0) is 6.54 Å². The lowest BCUT2D eigenvalue weighted by Crippen LogP contribution is -2.08. The average Bonchev–Trinajstić information content (AvgIpc) is 2.79. The molecule has 0 aromatic carbocycles. The Morgan fingerprint density at radius 1 is 1.38 bits per heavy atom. The van der Waals surface area contributed by atoms with Crippen LogP contribution in [0.2, 0.25) is 0 Å². The summed E-state index contributed by atoms with van der Waals surface area (Å²) in [6.45, 7) is 0.709. The molecule has 2 aromatic heterocycles. The van der Waals surface area contributed by atoms with E-state index >= 15 is 0 Å². The zero-order valence-corrected chi connectivity index (χ0v) is 8.62. The predicted molar refractivity (Wildman–Crippen MR) is 54.4 cm³/mol. The fraction of sp³-hybridized carbons (Fsp3) is 0.222. The van der Waals surface area contributed by atoms with Gasteiger partial charge >= 0.3 is 0 Å². The van der Waals surface area contributed by atoms with E-state index in [4.69, 9.17) is 5.26 Å². The predicted octanol–water partition coefficient (Wildman–Crippen LogP) is -0.352. The van der Waals surface area contributed by atoms with E-state index in [1.165, 1.54) is 11.0 Å². The molecule has 0 fully saturated rings.